The minimum Gasteiger partial charge on any atom is -0.497 e. The molecule has 0 bridgehead atoms. The van der Waals surface area contributed by atoms with Crippen molar-refractivity contribution in [2.45, 2.75) is 68.7 Å². The van der Waals surface area contributed by atoms with E-state index in [4.69, 9.17) is 14.5 Å². The Morgan fingerprint density at radius 2 is 1.68 bits per heavy atom. The lowest BCUT2D eigenvalue weighted by Crippen LogP contribution is -2.42. The standard InChI is InChI=1S/C26H32N2O3/c1-24(2)18-31-23(27-24)26(22(29)19-12-14-21(30-3)15-13-19)25(16-8-5-9-17-25)28(26)20-10-6-4-7-11-20/h4,6-7,10-15,22,29H,5,8-9,16-18H2,1-3H3/t22-,26+,28?/m0/s1. The van der Waals surface area contributed by atoms with Crippen LogP contribution >= 0.6 is 0 Å². The fourth-order valence-electron chi connectivity index (χ4n) is 5.84. The molecule has 1 spiro atoms. The molecule has 2 fully saturated rings. The number of aliphatic hydroxyl groups excluding tert-OH is 1. The van der Waals surface area contributed by atoms with Gasteiger partial charge < -0.3 is 19.5 Å². The van der Waals surface area contributed by atoms with Gasteiger partial charge in [-0.25, -0.2) is 4.99 Å². The molecule has 2 heterocycles. The van der Waals surface area contributed by atoms with Crippen LogP contribution in [0.4, 0.5) is 5.69 Å². The number of methoxy groups -OCH3 is 1. The van der Waals surface area contributed by atoms with E-state index < -0.39 is 11.6 Å². The molecule has 3 aliphatic rings. The highest BCUT2D eigenvalue weighted by molar-refractivity contribution is 6.02. The molecule has 0 radical (unpaired) electrons. The second-order valence-corrected chi connectivity index (χ2v) is 9.72. The molecule has 5 heteroatoms. The number of para-hydroxylation sites is 1. The molecule has 2 aromatic carbocycles. The maximum absolute atomic E-state index is 12.0. The molecule has 1 saturated heterocycles. The SMILES string of the molecule is COc1ccc([C@H](O)[C@]2(C3=NC(C)(C)CO3)N(c3ccccc3)C23CCCCC3)cc1. The summed E-state index contributed by atoms with van der Waals surface area (Å²) in [5.74, 6) is 1.47. The molecular formula is C26H32N2O3. The van der Waals surface area contributed by atoms with Crippen LogP contribution in [0.2, 0.25) is 0 Å². The van der Waals surface area contributed by atoms with E-state index in [0.29, 0.717) is 12.5 Å². The van der Waals surface area contributed by atoms with Gasteiger partial charge in [0.05, 0.1) is 18.2 Å². The van der Waals surface area contributed by atoms with Crippen LogP contribution in [0.3, 0.4) is 0 Å². The Kier molecular flexibility index (Phi) is 4.78. The van der Waals surface area contributed by atoms with Crippen molar-refractivity contribution >= 4 is 11.6 Å². The summed E-state index contributed by atoms with van der Waals surface area (Å²) in [5, 5.41) is 12.0. The number of anilines is 1. The Hall–Kier alpha value is -2.53. The Morgan fingerprint density at radius 1 is 1.00 bits per heavy atom. The molecule has 2 aliphatic heterocycles. The number of ether oxygens (including phenoxy) is 2. The van der Waals surface area contributed by atoms with Crippen LogP contribution in [0.25, 0.3) is 0 Å². The monoisotopic (exact) mass is 420 g/mol. The van der Waals surface area contributed by atoms with Crippen LogP contribution in [0, 0.1) is 0 Å². The molecular weight excluding hydrogens is 388 g/mol. The predicted molar refractivity (Wildman–Crippen MR) is 123 cm³/mol. The molecule has 164 valence electrons. The van der Waals surface area contributed by atoms with Crippen LogP contribution in [-0.2, 0) is 4.74 Å². The van der Waals surface area contributed by atoms with Gasteiger partial charge in [0.2, 0.25) is 5.90 Å². The average Bonchev–Trinajstić information content (AvgIpc) is 3.18. The summed E-state index contributed by atoms with van der Waals surface area (Å²) in [4.78, 5) is 7.44. The molecule has 31 heavy (non-hydrogen) atoms. The van der Waals surface area contributed by atoms with Gasteiger partial charge in [0.15, 0.2) is 5.54 Å². The second kappa shape index (κ2) is 7.27. The first-order valence-corrected chi connectivity index (χ1v) is 11.4. The summed E-state index contributed by atoms with van der Waals surface area (Å²) in [6, 6.07) is 18.2. The number of hydrogen-bond donors (Lipinski definition) is 1. The van der Waals surface area contributed by atoms with E-state index in [9.17, 15) is 5.11 Å². The van der Waals surface area contributed by atoms with Gasteiger partial charge in [0.25, 0.3) is 0 Å². The van der Waals surface area contributed by atoms with Gasteiger partial charge in [0.1, 0.15) is 18.5 Å². The van der Waals surface area contributed by atoms with Crippen molar-refractivity contribution in [3.05, 3.63) is 60.2 Å². The number of aliphatic imine (C=N–C) groups is 1. The average molecular weight is 421 g/mol. The largest absolute Gasteiger partial charge is 0.497 e. The quantitative estimate of drug-likeness (QED) is 0.699. The summed E-state index contributed by atoms with van der Waals surface area (Å²) in [6.07, 6.45) is 4.83. The molecule has 1 saturated carbocycles. The maximum Gasteiger partial charge on any atom is 0.216 e. The van der Waals surface area contributed by atoms with E-state index >= 15 is 0 Å². The fourth-order valence-corrected chi connectivity index (χ4v) is 5.84. The minimum atomic E-state index is -0.760. The van der Waals surface area contributed by atoms with Gasteiger partial charge in [-0.05, 0) is 56.5 Å². The fraction of sp³-hybridized carbons (Fsp3) is 0.500. The van der Waals surface area contributed by atoms with E-state index in [1.165, 1.54) is 6.42 Å². The van der Waals surface area contributed by atoms with Crippen LogP contribution in [0.1, 0.15) is 57.6 Å². The first kappa shape index (κ1) is 20.4. The summed E-state index contributed by atoms with van der Waals surface area (Å²) >= 11 is 0. The lowest BCUT2D eigenvalue weighted by molar-refractivity contribution is 0.130. The zero-order valence-electron chi connectivity index (χ0n) is 18.7. The van der Waals surface area contributed by atoms with Crippen molar-refractivity contribution in [1.29, 1.82) is 0 Å². The van der Waals surface area contributed by atoms with Crippen molar-refractivity contribution in [3.8, 4) is 5.75 Å². The maximum atomic E-state index is 12.0. The zero-order valence-corrected chi connectivity index (χ0v) is 18.7. The number of aliphatic hydroxyl groups is 1. The molecule has 2 atom stereocenters. The molecule has 5 rings (SSSR count). The summed E-state index contributed by atoms with van der Waals surface area (Å²) in [6.45, 7) is 4.73. The van der Waals surface area contributed by atoms with Gasteiger partial charge >= 0.3 is 0 Å². The first-order chi connectivity index (χ1) is 14.9. The van der Waals surface area contributed by atoms with E-state index in [-0.39, 0.29) is 11.1 Å². The third kappa shape index (κ3) is 2.97. The highest BCUT2D eigenvalue weighted by Crippen LogP contribution is 2.67. The Balaban J connectivity index is 1.68. The van der Waals surface area contributed by atoms with E-state index in [0.717, 1.165) is 42.7 Å². The van der Waals surface area contributed by atoms with Crippen LogP contribution < -0.4 is 9.64 Å². The highest BCUT2D eigenvalue weighted by Gasteiger charge is 2.81. The summed E-state index contributed by atoms with van der Waals surface area (Å²) in [5.41, 5.74) is 0.804. The molecule has 5 nitrogen and oxygen atoms in total. The van der Waals surface area contributed by atoms with Crippen molar-refractivity contribution in [3.63, 3.8) is 0 Å². The van der Waals surface area contributed by atoms with E-state index in [1.807, 2.05) is 30.3 Å². The third-order valence-electron chi connectivity index (χ3n) is 7.25. The lowest BCUT2D eigenvalue weighted by atomic mass is 9.75. The van der Waals surface area contributed by atoms with E-state index in [2.05, 4.69) is 43.0 Å². The van der Waals surface area contributed by atoms with Crippen LogP contribution in [0.5, 0.6) is 5.75 Å². The van der Waals surface area contributed by atoms with Crippen LogP contribution in [0.15, 0.2) is 59.6 Å². The number of nitrogens with zero attached hydrogens (tertiary/aromatic N) is 2. The zero-order chi connectivity index (χ0) is 21.7. The lowest BCUT2D eigenvalue weighted by Gasteiger charge is -2.28. The Bertz CT molecular complexity index is 964. The number of benzene rings is 2. The first-order valence-electron chi connectivity index (χ1n) is 11.4. The van der Waals surface area contributed by atoms with Crippen LogP contribution in [-0.4, -0.2) is 41.3 Å². The second-order valence-electron chi connectivity index (χ2n) is 9.72. The van der Waals surface area contributed by atoms with Gasteiger partial charge in [-0.15, -0.1) is 0 Å². The van der Waals surface area contributed by atoms with Crippen molar-refractivity contribution in [2.75, 3.05) is 18.6 Å². The predicted octanol–water partition coefficient (Wildman–Crippen LogP) is 4.90. The van der Waals surface area contributed by atoms with Crippen molar-refractivity contribution in [1.82, 2.24) is 0 Å². The van der Waals surface area contributed by atoms with Gasteiger partial charge in [-0.3, -0.25) is 0 Å². The molecule has 1 aliphatic carbocycles. The Labute approximate surface area is 184 Å². The smallest absolute Gasteiger partial charge is 0.216 e. The number of hydrogen-bond acceptors (Lipinski definition) is 5. The summed E-state index contributed by atoms with van der Waals surface area (Å²) < 4.78 is 11.6. The van der Waals surface area contributed by atoms with Gasteiger partial charge in [0, 0.05) is 5.69 Å². The van der Waals surface area contributed by atoms with Crippen molar-refractivity contribution in [2.24, 2.45) is 4.99 Å². The Morgan fingerprint density at radius 3 is 2.26 bits per heavy atom. The topological polar surface area (TPSA) is 54.1 Å². The molecule has 2 aromatic rings. The third-order valence-corrected chi connectivity index (χ3v) is 7.25. The van der Waals surface area contributed by atoms with Gasteiger partial charge in [-0.1, -0.05) is 49.6 Å². The summed E-state index contributed by atoms with van der Waals surface area (Å²) in [7, 11) is 1.66. The van der Waals surface area contributed by atoms with Crippen molar-refractivity contribution < 1.29 is 14.6 Å². The molecule has 0 aromatic heterocycles. The highest BCUT2D eigenvalue weighted by atomic mass is 16.5. The molecule has 0 unspecified atom stereocenters. The normalized spacial score (nSPS) is 26.8. The molecule has 0 amide bonds. The number of rotatable bonds is 5. The minimum absolute atomic E-state index is 0.189. The van der Waals surface area contributed by atoms with E-state index in [1.54, 1.807) is 7.11 Å². The van der Waals surface area contributed by atoms with Gasteiger partial charge in [-0.2, -0.15) is 0 Å². The molecule has 1 N–H and O–H groups in total.